The molecule has 122 valence electrons. The first-order valence-corrected chi connectivity index (χ1v) is 7.29. The van der Waals surface area contributed by atoms with E-state index in [0.717, 1.165) is 6.42 Å². The number of methoxy groups -OCH3 is 1. The molecule has 0 radical (unpaired) electrons. The zero-order chi connectivity index (χ0) is 15.9. The Hall–Kier alpha value is -1.34. The molecule has 1 unspecified atom stereocenters. The van der Waals surface area contributed by atoms with Gasteiger partial charge in [0.2, 0.25) is 0 Å². The van der Waals surface area contributed by atoms with Crippen LogP contribution in [0.3, 0.4) is 0 Å². The fraction of sp³-hybridized carbons (Fsp3) is 0.857. The minimum Gasteiger partial charge on any atom is -0.481 e. The summed E-state index contributed by atoms with van der Waals surface area (Å²) in [5.41, 5.74) is -0.445. The van der Waals surface area contributed by atoms with Gasteiger partial charge in [0.15, 0.2) is 0 Å². The minimum absolute atomic E-state index is 0.0112. The number of hydrogen-bond acceptors (Lipinski definition) is 4. The van der Waals surface area contributed by atoms with E-state index in [1.165, 1.54) is 0 Å². The normalized spacial score (nSPS) is 21.5. The molecule has 1 fully saturated rings. The van der Waals surface area contributed by atoms with Crippen LogP contribution in [0, 0.1) is 0 Å². The maximum absolute atomic E-state index is 12.2. The quantitative estimate of drug-likeness (QED) is 0.700. The van der Waals surface area contributed by atoms with Gasteiger partial charge in [-0.3, -0.25) is 4.79 Å². The lowest BCUT2D eigenvalue weighted by atomic mass is 10.0. The van der Waals surface area contributed by atoms with Gasteiger partial charge in [-0.05, 0) is 20.3 Å². The van der Waals surface area contributed by atoms with Gasteiger partial charge in [-0.15, -0.1) is 0 Å². The number of carboxylic acid groups (broad SMARTS) is 1. The first kappa shape index (κ1) is 17.7. The number of carbonyl (C=O) groups is 2. The molecular formula is C14H26N2O5. The molecule has 0 aromatic rings. The van der Waals surface area contributed by atoms with Gasteiger partial charge in [0.05, 0.1) is 13.2 Å². The van der Waals surface area contributed by atoms with Crippen molar-refractivity contribution >= 4 is 12.0 Å². The summed E-state index contributed by atoms with van der Waals surface area (Å²) in [4.78, 5) is 24.4. The fourth-order valence-corrected chi connectivity index (χ4v) is 2.29. The Bertz CT molecular complexity index is 353. The van der Waals surface area contributed by atoms with Crippen LogP contribution in [-0.2, 0) is 14.3 Å². The van der Waals surface area contributed by atoms with E-state index in [1.54, 1.807) is 12.0 Å². The van der Waals surface area contributed by atoms with Crippen molar-refractivity contribution in [2.24, 2.45) is 0 Å². The first-order valence-electron chi connectivity index (χ1n) is 7.29. The highest BCUT2D eigenvalue weighted by atomic mass is 16.5. The van der Waals surface area contributed by atoms with Crippen LogP contribution in [0.1, 0.15) is 33.1 Å². The average Bonchev–Trinajstić information content (AvgIpc) is 2.90. The number of hydrogen-bond donors (Lipinski definition) is 2. The lowest BCUT2D eigenvalue weighted by Gasteiger charge is -2.30. The molecule has 1 heterocycles. The third-order valence-electron chi connectivity index (χ3n) is 3.74. The molecule has 0 spiro atoms. The number of amides is 2. The molecule has 7 heteroatoms. The Balaban J connectivity index is 2.46. The van der Waals surface area contributed by atoms with E-state index in [1.807, 2.05) is 13.8 Å². The summed E-state index contributed by atoms with van der Waals surface area (Å²) in [5.74, 6) is -0.847. The van der Waals surface area contributed by atoms with E-state index >= 15 is 0 Å². The van der Waals surface area contributed by atoms with Gasteiger partial charge >= 0.3 is 12.0 Å². The molecule has 1 aliphatic rings. The van der Waals surface area contributed by atoms with Crippen molar-refractivity contribution in [3.8, 4) is 0 Å². The highest BCUT2D eigenvalue weighted by molar-refractivity contribution is 5.74. The molecule has 7 nitrogen and oxygen atoms in total. The van der Waals surface area contributed by atoms with Crippen LogP contribution in [0.4, 0.5) is 4.79 Å². The number of nitrogens with one attached hydrogen (secondary N) is 1. The number of aliphatic carboxylic acids is 1. The number of carbonyl (C=O) groups excluding carboxylic acids is 1. The van der Waals surface area contributed by atoms with Crippen molar-refractivity contribution in [2.75, 3.05) is 33.4 Å². The Labute approximate surface area is 125 Å². The Morgan fingerprint density at radius 3 is 2.67 bits per heavy atom. The van der Waals surface area contributed by atoms with Crippen molar-refractivity contribution in [3.63, 3.8) is 0 Å². The van der Waals surface area contributed by atoms with E-state index in [9.17, 15) is 9.59 Å². The standard InChI is InChI=1S/C14H26N2O5/c1-11(2)16(7-4-5-12(17)18)13(19)15-9-14(20-3)6-8-21-10-14/h11H,4-10H2,1-3H3,(H,15,19)(H,17,18). The maximum Gasteiger partial charge on any atom is 0.317 e. The second-order valence-corrected chi connectivity index (χ2v) is 5.63. The molecular weight excluding hydrogens is 276 g/mol. The van der Waals surface area contributed by atoms with Gasteiger partial charge in [-0.25, -0.2) is 4.79 Å². The zero-order valence-electron chi connectivity index (χ0n) is 13.1. The predicted molar refractivity (Wildman–Crippen MR) is 77.3 cm³/mol. The summed E-state index contributed by atoms with van der Waals surface area (Å²) < 4.78 is 10.8. The third kappa shape index (κ3) is 5.51. The molecule has 1 aliphatic heterocycles. The largest absolute Gasteiger partial charge is 0.481 e. The third-order valence-corrected chi connectivity index (χ3v) is 3.74. The van der Waals surface area contributed by atoms with Gasteiger partial charge in [0.1, 0.15) is 5.60 Å². The van der Waals surface area contributed by atoms with Crippen LogP contribution in [-0.4, -0.2) is 67.1 Å². The second-order valence-electron chi connectivity index (χ2n) is 5.63. The second kappa shape index (κ2) is 8.19. The number of urea groups is 1. The van der Waals surface area contributed by atoms with Crippen LogP contribution < -0.4 is 5.32 Å². The molecule has 1 atom stereocenters. The SMILES string of the molecule is COC1(CNC(=O)N(CCCC(=O)O)C(C)C)CCOC1. The molecule has 1 rings (SSSR count). The zero-order valence-corrected chi connectivity index (χ0v) is 13.1. The monoisotopic (exact) mass is 302 g/mol. The van der Waals surface area contributed by atoms with E-state index in [2.05, 4.69) is 5.32 Å². The number of ether oxygens (including phenoxy) is 2. The lowest BCUT2D eigenvalue weighted by molar-refractivity contribution is -0.137. The smallest absolute Gasteiger partial charge is 0.317 e. The maximum atomic E-state index is 12.2. The van der Waals surface area contributed by atoms with Gasteiger partial charge < -0.3 is 24.8 Å². The minimum atomic E-state index is -0.847. The fourth-order valence-electron chi connectivity index (χ4n) is 2.29. The number of nitrogens with zero attached hydrogens (tertiary/aromatic N) is 1. The van der Waals surface area contributed by atoms with Crippen molar-refractivity contribution < 1.29 is 24.2 Å². The molecule has 1 saturated heterocycles. The van der Waals surface area contributed by atoms with E-state index in [0.29, 0.717) is 32.7 Å². The summed E-state index contributed by atoms with van der Waals surface area (Å²) in [6.07, 6.45) is 1.26. The van der Waals surface area contributed by atoms with Crippen LogP contribution in [0.2, 0.25) is 0 Å². The topological polar surface area (TPSA) is 88.1 Å². The summed E-state index contributed by atoms with van der Waals surface area (Å²) in [6, 6.07) is -0.184. The molecule has 2 amide bonds. The lowest BCUT2D eigenvalue weighted by Crippen LogP contribution is -2.51. The van der Waals surface area contributed by atoms with Crippen molar-refractivity contribution in [1.29, 1.82) is 0 Å². The van der Waals surface area contributed by atoms with Crippen LogP contribution in [0.15, 0.2) is 0 Å². The van der Waals surface area contributed by atoms with Gasteiger partial charge in [0.25, 0.3) is 0 Å². The van der Waals surface area contributed by atoms with Crippen molar-refractivity contribution in [2.45, 2.75) is 44.8 Å². The van der Waals surface area contributed by atoms with E-state index in [4.69, 9.17) is 14.6 Å². The van der Waals surface area contributed by atoms with Crippen molar-refractivity contribution in [3.05, 3.63) is 0 Å². The summed E-state index contributed by atoms with van der Waals surface area (Å²) in [6.45, 7) is 5.74. The van der Waals surface area contributed by atoms with Gasteiger partial charge in [0, 0.05) is 39.1 Å². The Kier molecular flexibility index (Phi) is 6.91. The Morgan fingerprint density at radius 1 is 1.48 bits per heavy atom. The highest BCUT2D eigenvalue weighted by Gasteiger charge is 2.35. The number of rotatable bonds is 8. The molecule has 0 bridgehead atoms. The van der Waals surface area contributed by atoms with Crippen LogP contribution in [0.5, 0.6) is 0 Å². The predicted octanol–water partition coefficient (Wildman–Crippen LogP) is 1.08. The van der Waals surface area contributed by atoms with Crippen LogP contribution >= 0.6 is 0 Å². The molecule has 0 aromatic heterocycles. The van der Waals surface area contributed by atoms with Crippen molar-refractivity contribution in [1.82, 2.24) is 10.2 Å². The molecule has 0 aliphatic carbocycles. The molecule has 0 aromatic carbocycles. The molecule has 0 saturated carbocycles. The first-order chi connectivity index (χ1) is 9.90. The summed E-state index contributed by atoms with van der Waals surface area (Å²) in [7, 11) is 1.62. The summed E-state index contributed by atoms with van der Waals surface area (Å²) >= 11 is 0. The summed E-state index contributed by atoms with van der Waals surface area (Å²) in [5, 5.41) is 11.5. The molecule has 2 N–H and O–H groups in total. The molecule has 21 heavy (non-hydrogen) atoms. The Morgan fingerprint density at radius 2 is 2.19 bits per heavy atom. The van der Waals surface area contributed by atoms with Gasteiger partial charge in [-0.1, -0.05) is 0 Å². The average molecular weight is 302 g/mol. The van der Waals surface area contributed by atoms with Crippen LogP contribution in [0.25, 0.3) is 0 Å². The number of carboxylic acids is 1. The van der Waals surface area contributed by atoms with E-state index in [-0.39, 0.29) is 18.5 Å². The van der Waals surface area contributed by atoms with E-state index < -0.39 is 11.6 Å². The highest BCUT2D eigenvalue weighted by Crippen LogP contribution is 2.21. The van der Waals surface area contributed by atoms with Gasteiger partial charge in [-0.2, -0.15) is 0 Å².